The van der Waals surface area contributed by atoms with Crippen LogP contribution in [-0.4, -0.2) is 33.9 Å². The van der Waals surface area contributed by atoms with Crippen LogP contribution in [0, 0.1) is 12.7 Å². The smallest absolute Gasteiger partial charge is 0.296 e. The topological polar surface area (TPSA) is 100 Å². The van der Waals surface area contributed by atoms with Crippen molar-refractivity contribution in [3.8, 4) is 11.5 Å². The number of hydrogen-bond acceptors (Lipinski definition) is 6. The van der Waals surface area contributed by atoms with Gasteiger partial charge in [0, 0.05) is 5.56 Å². The van der Waals surface area contributed by atoms with Crippen LogP contribution < -0.4 is 4.74 Å². The van der Waals surface area contributed by atoms with E-state index in [4.69, 9.17) is 9.15 Å². The number of aryl methyl sites for hydroxylation is 1. The number of benzene rings is 2. The van der Waals surface area contributed by atoms with E-state index in [0.717, 1.165) is 0 Å². The average Bonchev–Trinajstić information content (AvgIpc) is 3.37. The summed E-state index contributed by atoms with van der Waals surface area (Å²) in [6.45, 7) is 1.49. The maximum absolute atomic E-state index is 13.7. The molecule has 2 heterocycles. The van der Waals surface area contributed by atoms with E-state index in [0.29, 0.717) is 11.3 Å². The number of Topliss-reactive ketones (excluding diaryl/α,β-unsaturated/α-hetero) is 1. The maximum Gasteiger partial charge on any atom is 0.296 e. The minimum absolute atomic E-state index is 0.0335. The van der Waals surface area contributed by atoms with Crippen molar-refractivity contribution < 1.29 is 33.3 Å². The molecule has 0 radical (unpaired) electrons. The number of aromatic hydroxyl groups is 1. The molecule has 1 amide bonds. The van der Waals surface area contributed by atoms with Gasteiger partial charge in [-0.1, -0.05) is 6.07 Å². The summed E-state index contributed by atoms with van der Waals surface area (Å²) < 4.78 is 24.1. The number of hydrogen-bond donors (Lipinski definition) is 2. The highest BCUT2D eigenvalue weighted by molar-refractivity contribution is 6.46. The van der Waals surface area contributed by atoms with E-state index in [1.807, 2.05) is 0 Å². The molecule has 1 atom stereocenters. The summed E-state index contributed by atoms with van der Waals surface area (Å²) in [7, 11) is 1.40. The van der Waals surface area contributed by atoms with Crippen molar-refractivity contribution in [1.29, 1.82) is 0 Å². The van der Waals surface area contributed by atoms with Crippen LogP contribution in [0.2, 0.25) is 0 Å². The molecule has 2 aromatic carbocycles. The number of aliphatic hydroxyl groups excluding tert-OH is 1. The molecule has 4 rings (SSSR count). The van der Waals surface area contributed by atoms with Crippen LogP contribution in [0.15, 0.2) is 64.8 Å². The van der Waals surface area contributed by atoms with Crippen LogP contribution in [0.5, 0.6) is 11.5 Å². The Morgan fingerprint density at radius 1 is 1.19 bits per heavy atom. The predicted molar refractivity (Wildman–Crippen MR) is 112 cm³/mol. The van der Waals surface area contributed by atoms with Crippen LogP contribution in [0.1, 0.15) is 28.5 Å². The van der Waals surface area contributed by atoms with Gasteiger partial charge < -0.3 is 24.3 Å². The molecule has 0 spiro atoms. The number of phenols is 1. The minimum atomic E-state index is -1.01. The second kappa shape index (κ2) is 8.22. The predicted octanol–water partition coefficient (Wildman–Crippen LogP) is 4.06. The normalized spacial score (nSPS) is 17.7. The molecule has 1 saturated heterocycles. The lowest BCUT2D eigenvalue weighted by Gasteiger charge is -2.25. The van der Waals surface area contributed by atoms with E-state index >= 15 is 0 Å². The van der Waals surface area contributed by atoms with Crippen molar-refractivity contribution in [2.75, 3.05) is 7.11 Å². The van der Waals surface area contributed by atoms with Crippen LogP contribution in [0.25, 0.3) is 5.76 Å². The number of nitrogens with zero attached hydrogens (tertiary/aromatic N) is 1. The van der Waals surface area contributed by atoms with Gasteiger partial charge in [-0.2, -0.15) is 0 Å². The van der Waals surface area contributed by atoms with E-state index in [1.54, 1.807) is 18.2 Å². The zero-order valence-corrected chi connectivity index (χ0v) is 17.3. The number of carbonyl (C=O) groups excluding carboxylic acids is 2. The number of ether oxygens (including phenoxy) is 1. The number of rotatable bonds is 5. The van der Waals surface area contributed by atoms with Crippen molar-refractivity contribution >= 4 is 17.4 Å². The highest BCUT2D eigenvalue weighted by Gasteiger charge is 2.46. The molecular formula is C24H20FNO6. The molecule has 1 fully saturated rings. The third-order valence-electron chi connectivity index (χ3n) is 5.40. The third-order valence-corrected chi connectivity index (χ3v) is 5.40. The van der Waals surface area contributed by atoms with Crippen LogP contribution in [0.4, 0.5) is 4.39 Å². The number of carbonyl (C=O) groups is 2. The Hall–Kier alpha value is -4.07. The standard InChI is InChI=1S/C24H20FNO6/c1-13-10-15(5-7-17(13)25)22(28)20-21(14-6-8-19(31-2)18(27)11-14)26(24(30)23(20)29)12-16-4-3-9-32-16/h3-11,21,27-28H,12H2,1-2H3/b22-20-. The molecule has 0 saturated carbocycles. The first-order valence-electron chi connectivity index (χ1n) is 9.76. The van der Waals surface area contributed by atoms with E-state index in [2.05, 4.69) is 0 Å². The van der Waals surface area contributed by atoms with Crippen molar-refractivity contribution in [3.63, 3.8) is 0 Å². The SMILES string of the molecule is COc1ccc(C2/C(=C(/O)c3ccc(F)c(C)c3)C(=O)C(=O)N2Cc2ccco2)cc1O. The largest absolute Gasteiger partial charge is 0.507 e. The number of methoxy groups -OCH3 is 1. The van der Waals surface area contributed by atoms with Crippen molar-refractivity contribution in [1.82, 2.24) is 4.90 Å². The first-order valence-corrected chi connectivity index (χ1v) is 9.76. The fourth-order valence-electron chi connectivity index (χ4n) is 3.78. The Kier molecular flexibility index (Phi) is 5.44. The van der Waals surface area contributed by atoms with Gasteiger partial charge in [0.05, 0.1) is 31.5 Å². The van der Waals surface area contributed by atoms with E-state index in [1.165, 1.54) is 55.5 Å². The fraction of sp³-hybridized carbons (Fsp3) is 0.167. The summed E-state index contributed by atoms with van der Waals surface area (Å²) in [6.07, 6.45) is 1.45. The number of likely N-dealkylation sites (tertiary alicyclic amines) is 1. The van der Waals surface area contributed by atoms with Crippen molar-refractivity contribution in [2.24, 2.45) is 0 Å². The Morgan fingerprint density at radius 2 is 1.97 bits per heavy atom. The molecule has 0 bridgehead atoms. The summed E-state index contributed by atoms with van der Waals surface area (Å²) in [4.78, 5) is 27.2. The second-order valence-electron chi connectivity index (χ2n) is 7.40. The summed E-state index contributed by atoms with van der Waals surface area (Å²) in [5, 5.41) is 21.3. The molecule has 3 aromatic rings. The average molecular weight is 437 g/mol. The molecule has 0 aliphatic carbocycles. The minimum Gasteiger partial charge on any atom is -0.507 e. The van der Waals surface area contributed by atoms with Crippen LogP contribution in [-0.2, 0) is 16.1 Å². The molecule has 2 N–H and O–H groups in total. The number of halogens is 1. The lowest BCUT2D eigenvalue weighted by Crippen LogP contribution is -2.29. The quantitative estimate of drug-likeness (QED) is 0.355. The molecule has 7 nitrogen and oxygen atoms in total. The molecule has 1 aliphatic heterocycles. The molecule has 1 aromatic heterocycles. The lowest BCUT2D eigenvalue weighted by atomic mass is 9.94. The Bertz CT molecular complexity index is 1230. The summed E-state index contributed by atoms with van der Waals surface area (Å²) in [5.74, 6) is -2.16. The number of furan rings is 1. The van der Waals surface area contributed by atoms with Gasteiger partial charge in [-0.25, -0.2) is 4.39 Å². The first-order chi connectivity index (χ1) is 15.3. The van der Waals surface area contributed by atoms with Gasteiger partial charge in [0.2, 0.25) is 0 Å². The number of aliphatic hydroxyl groups is 1. The molecule has 1 unspecified atom stereocenters. The Labute approximate surface area is 183 Å². The number of phenolic OH excluding ortho intramolecular Hbond substituents is 1. The van der Waals surface area contributed by atoms with Gasteiger partial charge in [-0.3, -0.25) is 9.59 Å². The summed E-state index contributed by atoms with van der Waals surface area (Å²) in [5.41, 5.74) is 0.687. The van der Waals surface area contributed by atoms with Crippen molar-refractivity contribution in [2.45, 2.75) is 19.5 Å². The first kappa shape index (κ1) is 21.2. The lowest BCUT2D eigenvalue weighted by molar-refractivity contribution is -0.140. The number of amides is 1. The highest BCUT2D eigenvalue weighted by Crippen LogP contribution is 2.42. The summed E-state index contributed by atoms with van der Waals surface area (Å²) in [6, 6.07) is 10.7. The molecule has 1 aliphatic rings. The Morgan fingerprint density at radius 3 is 2.59 bits per heavy atom. The van der Waals surface area contributed by atoms with Gasteiger partial charge in [-0.15, -0.1) is 0 Å². The van der Waals surface area contributed by atoms with Gasteiger partial charge in [0.1, 0.15) is 17.3 Å². The van der Waals surface area contributed by atoms with Gasteiger partial charge >= 0.3 is 0 Å². The van der Waals surface area contributed by atoms with E-state index in [-0.39, 0.29) is 34.7 Å². The zero-order chi connectivity index (χ0) is 23.0. The van der Waals surface area contributed by atoms with Crippen molar-refractivity contribution in [3.05, 3.63) is 88.6 Å². The second-order valence-corrected chi connectivity index (χ2v) is 7.40. The molecular weight excluding hydrogens is 417 g/mol. The van der Waals surface area contributed by atoms with Gasteiger partial charge in [0.25, 0.3) is 11.7 Å². The monoisotopic (exact) mass is 437 g/mol. The van der Waals surface area contributed by atoms with E-state index in [9.17, 15) is 24.2 Å². The van der Waals surface area contributed by atoms with E-state index < -0.39 is 29.3 Å². The highest BCUT2D eigenvalue weighted by atomic mass is 19.1. The Balaban J connectivity index is 1.89. The maximum atomic E-state index is 13.7. The molecule has 164 valence electrons. The zero-order valence-electron chi connectivity index (χ0n) is 17.3. The molecule has 8 heteroatoms. The molecule has 32 heavy (non-hydrogen) atoms. The van der Waals surface area contributed by atoms with Crippen LogP contribution in [0.3, 0.4) is 0 Å². The van der Waals surface area contributed by atoms with Gasteiger partial charge in [0.15, 0.2) is 11.5 Å². The third kappa shape index (κ3) is 3.60. The number of ketones is 1. The summed E-state index contributed by atoms with van der Waals surface area (Å²) >= 11 is 0. The van der Waals surface area contributed by atoms with Gasteiger partial charge in [-0.05, 0) is 60.5 Å². The van der Waals surface area contributed by atoms with Crippen LogP contribution >= 0.6 is 0 Å². The fourth-order valence-corrected chi connectivity index (χ4v) is 3.78.